The molecule has 33 heavy (non-hydrogen) atoms. The highest BCUT2D eigenvalue weighted by molar-refractivity contribution is 6.10. The van der Waals surface area contributed by atoms with E-state index in [1.165, 1.54) is 0 Å². The lowest BCUT2D eigenvalue weighted by molar-refractivity contribution is -0.134. The molecule has 1 saturated heterocycles. The minimum Gasteiger partial charge on any atom is -0.441 e. The summed E-state index contributed by atoms with van der Waals surface area (Å²) in [5.74, 6) is 0.726. The maximum atomic E-state index is 13.2. The number of rotatable bonds is 5. The van der Waals surface area contributed by atoms with E-state index >= 15 is 0 Å². The van der Waals surface area contributed by atoms with Crippen molar-refractivity contribution in [3.05, 3.63) is 71.6 Å². The Labute approximate surface area is 191 Å². The fourth-order valence-electron chi connectivity index (χ4n) is 4.46. The number of urea groups is 1. The number of aryl methyl sites for hydroxylation is 1. The van der Waals surface area contributed by atoms with E-state index in [-0.39, 0.29) is 18.4 Å². The van der Waals surface area contributed by atoms with E-state index in [0.29, 0.717) is 24.4 Å². The van der Waals surface area contributed by atoms with Gasteiger partial charge in [-0.05, 0) is 48.2 Å². The van der Waals surface area contributed by atoms with Crippen molar-refractivity contribution in [1.29, 1.82) is 0 Å². The molecule has 5 rings (SSSR count). The number of amides is 4. The largest absolute Gasteiger partial charge is 0.441 e. The number of aromatic nitrogens is 1. The van der Waals surface area contributed by atoms with Crippen molar-refractivity contribution >= 4 is 23.5 Å². The third kappa shape index (κ3) is 3.57. The molecule has 0 saturated carbocycles. The zero-order valence-corrected chi connectivity index (χ0v) is 18.4. The van der Waals surface area contributed by atoms with Crippen LogP contribution in [0.3, 0.4) is 0 Å². The van der Waals surface area contributed by atoms with E-state index in [9.17, 15) is 14.4 Å². The Balaban J connectivity index is 1.26. The fraction of sp³-hybridized carbons (Fsp3) is 0.280. The van der Waals surface area contributed by atoms with Crippen LogP contribution in [0.4, 0.5) is 10.5 Å². The molecule has 1 aromatic heterocycles. The molecule has 1 aliphatic carbocycles. The average molecular weight is 444 g/mol. The number of oxazole rings is 1. The van der Waals surface area contributed by atoms with E-state index in [1.807, 2.05) is 38.1 Å². The molecule has 8 heteroatoms. The number of imide groups is 1. The lowest BCUT2D eigenvalue weighted by atomic mass is 9.92. The Morgan fingerprint density at radius 1 is 1.18 bits per heavy atom. The first-order valence-electron chi connectivity index (χ1n) is 11.0. The predicted molar refractivity (Wildman–Crippen MR) is 121 cm³/mol. The Kier molecular flexibility index (Phi) is 5.00. The van der Waals surface area contributed by atoms with Gasteiger partial charge in [0.25, 0.3) is 5.91 Å². The van der Waals surface area contributed by atoms with Crippen molar-refractivity contribution in [1.82, 2.24) is 15.2 Å². The number of carbonyl (C=O) groups excluding carboxylic acids is 3. The van der Waals surface area contributed by atoms with E-state index < -0.39 is 17.5 Å². The molecule has 1 fully saturated rings. The van der Waals surface area contributed by atoms with Gasteiger partial charge in [0.15, 0.2) is 0 Å². The van der Waals surface area contributed by atoms with Crippen molar-refractivity contribution in [2.45, 2.75) is 38.1 Å². The van der Waals surface area contributed by atoms with Gasteiger partial charge in [-0.3, -0.25) is 14.5 Å². The van der Waals surface area contributed by atoms with Crippen LogP contribution in [0, 0.1) is 0 Å². The predicted octanol–water partition coefficient (Wildman–Crippen LogP) is 3.80. The quantitative estimate of drug-likeness (QED) is 0.583. The topological polar surface area (TPSA) is 105 Å². The van der Waals surface area contributed by atoms with Crippen LogP contribution in [0.1, 0.15) is 43.1 Å². The number of fused-ring (bicyclic) bond motifs is 2. The van der Waals surface area contributed by atoms with Crippen LogP contribution in [0.25, 0.3) is 11.5 Å². The Hall–Kier alpha value is -3.94. The molecule has 2 N–H and O–H groups in total. The molecule has 8 nitrogen and oxygen atoms in total. The minimum absolute atomic E-state index is 0.243. The minimum atomic E-state index is -1.07. The Morgan fingerprint density at radius 3 is 2.67 bits per heavy atom. The maximum Gasteiger partial charge on any atom is 0.325 e. The summed E-state index contributed by atoms with van der Waals surface area (Å²) in [5.41, 5.74) is 2.13. The first-order valence-corrected chi connectivity index (χ1v) is 11.0. The Morgan fingerprint density at radius 2 is 1.94 bits per heavy atom. The van der Waals surface area contributed by atoms with Gasteiger partial charge in [-0.25, -0.2) is 9.78 Å². The Bertz CT molecular complexity index is 1250. The third-order valence-corrected chi connectivity index (χ3v) is 6.23. The molecular weight excluding hydrogens is 420 g/mol. The molecule has 0 radical (unpaired) electrons. The van der Waals surface area contributed by atoms with Gasteiger partial charge >= 0.3 is 6.03 Å². The molecule has 1 spiro atoms. The number of hydrogen-bond acceptors (Lipinski definition) is 5. The molecule has 3 aromatic rings. The first-order chi connectivity index (χ1) is 15.9. The molecule has 1 aliphatic heterocycles. The van der Waals surface area contributed by atoms with Gasteiger partial charge in [0.05, 0.1) is 6.20 Å². The van der Waals surface area contributed by atoms with Crippen LogP contribution in [-0.2, 0) is 21.5 Å². The standard InChI is InChI=1S/C25H24N4O4/c1-15(2)20-13-26-22(33-20)17-7-9-18(10-8-17)27-21(30)14-29-23(31)25(28-24(29)32)12-11-16-5-3-4-6-19(16)25/h3-10,13,15H,11-12,14H2,1-2H3,(H,27,30)(H,28,32). The highest BCUT2D eigenvalue weighted by atomic mass is 16.4. The molecule has 2 aromatic carbocycles. The summed E-state index contributed by atoms with van der Waals surface area (Å²) >= 11 is 0. The molecule has 2 heterocycles. The maximum absolute atomic E-state index is 13.2. The van der Waals surface area contributed by atoms with Gasteiger partial charge in [0, 0.05) is 17.2 Å². The van der Waals surface area contributed by atoms with Gasteiger partial charge in [0.2, 0.25) is 11.8 Å². The smallest absolute Gasteiger partial charge is 0.325 e. The SMILES string of the molecule is CC(C)c1cnc(-c2ccc(NC(=O)CN3C(=O)NC4(CCc5ccccc54)C3=O)cc2)o1. The zero-order chi connectivity index (χ0) is 23.2. The summed E-state index contributed by atoms with van der Waals surface area (Å²) in [6.07, 6.45) is 2.91. The molecule has 0 bridgehead atoms. The number of carbonyl (C=O) groups is 3. The summed E-state index contributed by atoms with van der Waals surface area (Å²) in [6.45, 7) is 3.71. The molecule has 1 unspecified atom stereocenters. The number of anilines is 1. The molecular formula is C25H24N4O4. The summed E-state index contributed by atoms with van der Waals surface area (Å²) in [5, 5.41) is 5.58. The van der Waals surface area contributed by atoms with Crippen LogP contribution in [0.2, 0.25) is 0 Å². The van der Waals surface area contributed by atoms with E-state index in [0.717, 1.165) is 27.4 Å². The second-order valence-corrected chi connectivity index (χ2v) is 8.73. The monoisotopic (exact) mass is 444 g/mol. The van der Waals surface area contributed by atoms with Gasteiger partial charge in [0.1, 0.15) is 17.8 Å². The summed E-state index contributed by atoms with van der Waals surface area (Å²) in [6, 6.07) is 14.1. The van der Waals surface area contributed by atoms with Gasteiger partial charge in [-0.2, -0.15) is 0 Å². The number of hydrogen-bond donors (Lipinski definition) is 2. The number of nitrogens with zero attached hydrogens (tertiary/aromatic N) is 2. The van der Waals surface area contributed by atoms with Crippen molar-refractivity contribution in [2.75, 3.05) is 11.9 Å². The van der Waals surface area contributed by atoms with Gasteiger partial charge in [-0.15, -0.1) is 0 Å². The van der Waals surface area contributed by atoms with E-state index in [1.54, 1.807) is 30.5 Å². The van der Waals surface area contributed by atoms with Gasteiger partial charge < -0.3 is 15.1 Å². The third-order valence-electron chi connectivity index (χ3n) is 6.23. The van der Waals surface area contributed by atoms with Crippen LogP contribution in [-0.4, -0.2) is 34.3 Å². The number of nitrogens with one attached hydrogen (secondary N) is 2. The van der Waals surface area contributed by atoms with Crippen molar-refractivity contribution < 1.29 is 18.8 Å². The second kappa shape index (κ2) is 7.88. The molecule has 168 valence electrons. The lowest BCUT2D eigenvalue weighted by Crippen LogP contribution is -2.42. The van der Waals surface area contributed by atoms with Gasteiger partial charge in [-0.1, -0.05) is 38.1 Å². The second-order valence-electron chi connectivity index (χ2n) is 8.73. The normalized spacial score (nSPS) is 19.3. The van der Waals surface area contributed by atoms with Crippen molar-refractivity contribution in [2.24, 2.45) is 0 Å². The van der Waals surface area contributed by atoms with Crippen LogP contribution in [0.5, 0.6) is 0 Å². The van der Waals surface area contributed by atoms with Crippen LogP contribution in [0.15, 0.2) is 59.1 Å². The van der Waals surface area contributed by atoms with Crippen molar-refractivity contribution in [3.63, 3.8) is 0 Å². The molecule has 4 amide bonds. The van der Waals surface area contributed by atoms with Crippen molar-refractivity contribution in [3.8, 4) is 11.5 Å². The number of benzene rings is 2. The van der Waals surface area contributed by atoms with E-state index in [4.69, 9.17) is 4.42 Å². The highest BCUT2D eigenvalue weighted by Gasteiger charge is 2.55. The first kappa shape index (κ1) is 20.9. The molecule has 1 atom stereocenters. The average Bonchev–Trinajstić information content (AvgIpc) is 3.49. The lowest BCUT2D eigenvalue weighted by Gasteiger charge is -2.22. The fourth-order valence-corrected chi connectivity index (χ4v) is 4.46. The summed E-state index contributed by atoms with van der Waals surface area (Å²) in [7, 11) is 0. The summed E-state index contributed by atoms with van der Waals surface area (Å²) in [4.78, 5) is 43.7. The molecule has 2 aliphatic rings. The zero-order valence-electron chi connectivity index (χ0n) is 18.4. The highest BCUT2D eigenvalue weighted by Crippen LogP contribution is 2.41. The van der Waals surface area contributed by atoms with E-state index in [2.05, 4.69) is 15.6 Å². The van der Waals surface area contributed by atoms with Crippen LogP contribution >= 0.6 is 0 Å². The van der Waals surface area contributed by atoms with Crippen LogP contribution < -0.4 is 10.6 Å². The summed E-state index contributed by atoms with van der Waals surface area (Å²) < 4.78 is 5.75.